The second-order valence-corrected chi connectivity index (χ2v) is 6.66. The molecular weight excluding hydrogens is 264 g/mol. The van der Waals surface area contributed by atoms with E-state index in [0.717, 1.165) is 19.4 Å². The van der Waals surface area contributed by atoms with E-state index in [0.29, 0.717) is 12.5 Å². The van der Waals surface area contributed by atoms with Crippen molar-refractivity contribution in [3.8, 4) is 0 Å². The normalized spacial score (nSPS) is 22.4. The van der Waals surface area contributed by atoms with Gasteiger partial charge in [-0.3, -0.25) is 0 Å². The maximum Gasteiger partial charge on any atom is 0.410 e. The lowest BCUT2D eigenvalue weighted by Gasteiger charge is -2.31. The Labute approximate surface area is 127 Å². The van der Waals surface area contributed by atoms with Crippen molar-refractivity contribution in [3.63, 3.8) is 0 Å². The molecule has 2 atom stereocenters. The highest BCUT2D eigenvalue weighted by Gasteiger charge is 2.39. The standard InChI is InChI=1S/C17H26N2O2/c1-17(2,3)21-16(20)19-12-10-14(9-11-18)15(19)13-7-5-4-6-8-13/h4-8,14-15H,9-12,18H2,1-3H3. The molecule has 0 bridgehead atoms. The molecule has 2 unspecified atom stereocenters. The van der Waals surface area contributed by atoms with Gasteiger partial charge in [-0.25, -0.2) is 4.79 Å². The van der Waals surface area contributed by atoms with Crippen molar-refractivity contribution < 1.29 is 9.53 Å². The van der Waals surface area contributed by atoms with Crippen LogP contribution in [0.3, 0.4) is 0 Å². The Hall–Kier alpha value is -1.55. The van der Waals surface area contributed by atoms with Crippen LogP contribution >= 0.6 is 0 Å². The average Bonchev–Trinajstić information content (AvgIpc) is 2.82. The van der Waals surface area contributed by atoms with Crippen LogP contribution in [0.15, 0.2) is 30.3 Å². The van der Waals surface area contributed by atoms with E-state index in [9.17, 15) is 4.79 Å². The molecule has 116 valence electrons. The third kappa shape index (κ3) is 3.97. The van der Waals surface area contributed by atoms with Gasteiger partial charge in [0.2, 0.25) is 0 Å². The van der Waals surface area contributed by atoms with Gasteiger partial charge in [0.1, 0.15) is 5.60 Å². The minimum absolute atomic E-state index is 0.0737. The lowest BCUT2D eigenvalue weighted by Crippen LogP contribution is -2.37. The number of hydrogen-bond acceptors (Lipinski definition) is 3. The maximum atomic E-state index is 12.5. The van der Waals surface area contributed by atoms with Gasteiger partial charge in [0.25, 0.3) is 0 Å². The zero-order chi connectivity index (χ0) is 15.5. The van der Waals surface area contributed by atoms with E-state index in [1.54, 1.807) is 0 Å². The molecule has 1 aromatic carbocycles. The summed E-state index contributed by atoms with van der Waals surface area (Å²) in [5.41, 5.74) is 6.44. The van der Waals surface area contributed by atoms with E-state index < -0.39 is 5.60 Å². The van der Waals surface area contributed by atoms with Crippen LogP contribution < -0.4 is 5.73 Å². The molecule has 0 saturated carbocycles. The number of carbonyl (C=O) groups excluding carboxylic acids is 1. The molecular formula is C17H26N2O2. The van der Waals surface area contributed by atoms with E-state index in [1.165, 1.54) is 5.56 Å². The average molecular weight is 290 g/mol. The second kappa shape index (κ2) is 6.48. The van der Waals surface area contributed by atoms with Crippen molar-refractivity contribution in [1.29, 1.82) is 0 Å². The third-order valence-electron chi connectivity index (χ3n) is 3.83. The molecule has 2 N–H and O–H groups in total. The summed E-state index contributed by atoms with van der Waals surface area (Å²) in [7, 11) is 0. The van der Waals surface area contributed by atoms with Gasteiger partial charge in [-0.05, 0) is 51.6 Å². The number of carbonyl (C=O) groups is 1. The monoisotopic (exact) mass is 290 g/mol. The van der Waals surface area contributed by atoms with Crippen LogP contribution in [0.4, 0.5) is 4.79 Å². The van der Waals surface area contributed by atoms with Crippen LogP contribution in [0.1, 0.15) is 45.2 Å². The highest BCUT2D eigenvalue weighted by Crippen LogP contribution is 2.39. The SMILES string of the molecule is CC(C)(C)OC(=O)N1CCC(CCN)C1c1ccccc1. The van der Waals surface area contributed by atoms with Gasteiger partial charge in [-0.1, -0.05) is 30.3 Å². The fourth-order valence-electron chi connectivity index (χ4n) is 3.00. The van der Waals surface area contributed by atoms with E-state index in [4.69, 9.17) is 10.5 Å². The topological polar surface area (TPSA) is 55.6 Å². The Balaban J connectivity index is 2.22. The molecule has 21 heavy (non-hydrogen) atoms. The highest BCUT2D eigenvalue weighted by atomic mass is 16.6. The molecule has 1 aliphatic rings. The highest BCUT2D eigenvalue weighted by molar-refractivity contribution is 5.69. The van der Waals surface area contributed by atoms with Crippen molar-refractivity contribution in [2.75, 3.05) is 13.1 Å². The number of benzene rings is 1. The lowest BCUT2D eigenvalue weighted by atomic mass is 9.91. The molecule has 1 aromatic rings. The van der Waals surface area contributed by atoms with Gasteiger partial charge < -0.3 is 15.4 Å². The predicted molar refractivity (Wildman–Crippen MR) is 83.9 cm³/mol. The summed E-state index contributed by atoms with van der Waals surface area (Å²) in [6.07, 6.45) is 1.69. The van der Waals surface area contributed by atoms with Crippen molar-refractivity contribution in [3.05, 3.63) is 35.9 Å². The first-order valence-corrected chi connectivity index (χ1v) is 7.67. The van der Waals surface area contributed by atoms with Crippen LogP contribution in [0.2, 0.25) is 0 Å². The molecule has 0 aliphatic carbocycles. The van der Waals surface area contributed by atoms with Gasteiger partial charge in [-0.2, -0.15) is 0 Å². The Bertz CT molecular complexity index is 467. The molecule has 0 radical (unpaired) electrons. The summed E-state index contributed by atoms with van der Waals surface area (Å²) in [4.78, 5) is 14.3. The molecule has 1 aliphatic heterocycles. The number of amides is 1. The maximum absolute atomic E-state index is 12.5. The zero-order valence-corrected chi connectivity index (χ0v) is 13.2. The Morgan fingerprint density at radius 3 is 2.57 bits per heavy atom. The van der Waals surface area contributed by atoms with Gasteiger partial charge in [-0.15, -0.1) is 0 Å². The fourth-order valence-corrected chi connectivity index (χ4v) is 3.00. The number of ether oxygens (including phenoxy) is 1. The van der Waals surface area contributed by atoms with Gasteiger partial charge >= 0.3 is 6.09 Å². The number of rotatable bonds is 3. The first-order chi connectivity index (χ1) is 9.92. The fraction of sp³-hybridized carbons (Fsp3) is 0.588. The van der Waals surface area contributed by atoms with Gasteiger partial charge in [0.15, 0.2) is 0 Å². The van der Waals surface area contributed by atoms with E-state index in [1.807, 2.05) is 43.9 Å². The Morgan fingerprint density at radius 2 is 2.00 bits per heavy atom. The van der Waals surface area contributed by atoms with Crippen molar-refractivity contribution in [2.45, 2.75) is 45.3 Å². The van der Waals surface area contributed by atoms with Crippen LogP contribution in [0, 0.1) is 5.92 Å². The van der Waals surface area contributed by atoms with Crippen LogP contribution in [-0.2, 0) is 4.74 Å². The zero-order valence-electron chi connectivity index (χ0n) is 13.2. The van der Waals surface area contributed by atoms with Gasteiger partial charge in [0, 0.05) is 6.54 Å². The van der Waals surface area contributed by atoms with Gasteiger partial charge in [0.05, 0.1) is 6.04 Å². The number of nitrogens with two attached hydrogens (primary N) is 1. The molecule has 4 heteroatoms. The number of likely N-dealkylation sites (tertiary alicyclic amines) is 1. The molecule has 0 spiro atoms. The predicted octanol–water partition coefficient (Wildman–Crippen LogP) is 3.33. The number of nitrogens with zero attached hydrogens (tertiary/aromatic N) is 1. The molecule has 1 amide bonds. The summed E-state index contributed by atoms with van der Waals surface area (Å²) in [6, 6.07) is 10.3. The van der Waals surface area contributed by atoms with E-state index >= 15 is 0 Å². The summed E-state index contributed by atoms with van der Waals surface area (Å²) >= 11 is 0. The Kier molecular flexibility index (Phi) is 4.88. The summed E-state index contributed by atoms with van der Waals surface area (Å²) in [5, 5.41) is 0. The lowest BCUT2D eigenvalue weighted by molar-refractivity contribution is 0.0204. The quantitative estimate of drug-likeness (QED) is 0.929. The van der Waals surface area contributed by atoms with Crippen molar-refractivity contribution in [2.24, 2.45) is 11.7 Å². The van der Waals surface area contributed by atoms with E-state index in [-0.39, 0.29) is 12.1 Å². The molecule has 1 saturated heterocycles. The third-order valence-corrected chi connectivity index (χ3v) is 3.83. The largest absolute Gasteiger partial charge is 0.444 e. The smallest absolute Gasteiger partial charge is 0.410 e. The van der Waals surface area contributed by atoms with E-state index in [2.05, 4.69) is 12.1 Å². The molecule has 1 fully saturated rings. The second-order valence-electron chi connectivity index (χ2n) is 6.66. The minimum Gasteiger partial charge on any atom is -0.444 e. The van der Waals surface area contributed by atoms with Crippen LogP contribution in [0.25, 0.3) is 0 Å². The summed E-state index contributed by atoms with van der Waals surface area (Å²) in [5.74, 6) is 0.407. The van der Waals surface area contributed by atoms with Crippen molar-refractivity contribution in [1.82, 2.24) is 4.90 Å². The molecule has 1 heterocycles. The van der Waals surface area contributed by atoms with Crippen molar-refractivity contribution >= 4 is 6.09 Å². The first-order valence-electron chi connectivity index (χ1n) is 7.67. The summed E-state index contributed by atoms with van der Waals surface area (Å²) in [6.45, 7) is 7.08. The first kappa shape index (κ1) is 15.8. The molecule has 4 nitrogen and oxygen atoms in total. The molecule has 0 aromatic heterocycles. The summed E-state index contributed by atoms with van der Waals surface area (Å²) < 4.78 is 5.56. The van der Waals surface area contributed by atoms with Crippen LogP contribution in [-0.4, -0.2) is 29.7 Å². The number of hydrogen-bond donors (Lipinski definition) is 1. The molecule has 2 rings (SSSR count). The van der Waals surface area contributed by atoms with Crippen LogP contribution in [0.5, 0.6) is 0 Å². The minimum atomic E-state index is -0.468. The Morgan fingerprint density at radius 1 is 1.33 bits per heavy atom.